The molecule has 2 fully saturated rings. The molecule has 2 aromatic rings. The predicted molar refractivity (Wildman–Crippen MR) is 146 cm³/mol. The van der Waals surface area contributed by atoms with Crippen LogP contribution in [0.3, 0.4) is 0 Å². The third-order valence-corrected chi connectivity index (χ3v) is 6.80. The van der Waals surface area contributed by atoms with Gasteiger partial charge in [-0.3, -0.25) is 9.89 Å². The highest BCUT2D eigenvalue weighted by molar-refractivity contribution is 14.0. The molecule has 1 unspecified atom stereocenters. The standard InChI is InChI=1S/C25H38N6O.HI/c1-19-20(2)32-24(28-19)18-30-14-11-21(12-15-30)16-27-25(26-3)29-22-8-7-13-31(17-22)23-9-5-4-6-10-23;/h4-6,9-10,21-22H,7-8,11-18H2,1-3H3,(H2,26,27,29);1H. The predicted octanol–water partition coefficient (Wildman–Crippen LogP) is 3.96. The van der Waals surface area contributed by atoms with Crippen molar-refractivity contribution in [3.63, 3.8) is 0 Å². The van der Waals surface area contributed by atoms with Crippen LogP contribution in [0.15, 0.2) is 39.7 Å². The van der Waals surface area contributed by atoms with Gasteiger partial charge in [0, 0.05) is 38.4 Å². The van der Waals surface area contributed by atoms with Gasteiger partial charge in [0.05, 0.1) is 12.2 Å². The molecule has 2 saturated heterocycles. The van der Waals surface area contributed by atoms with Crippen molar-refractivity contribution in [3.05, 3.63) is 47.7 Å². The Morgan fingerprint density at radius 1 is 1.12 bits per heavy atom. The van der Waals surface area contributed by atoms with Crippen LogP contribution < -0.4 is 15.5 Å². The number of nitrogens with zero attached hydrogens (tertiary/aromatic N) is 4. The maximum Gasteiger partial charge on any atom is 0.208 e. The zero-order valence-electron chi connectivity index (χ0n) is 20.2. The number of rotatable bonds is 6. The van der Waals surface area contributed by atoms with Crippen molar-refractivity contribution in [3.8, 4) is 0 Å². The van der Waals surface area contributed by atoms with E-state index >= 15 is 0 Å². The highest BCUT2D eigenvalue weighted by Crippen LogP contribution is 2.21. The van der Waals surface area contributed by atoms with E-state index in [1.807, 2.05) is 20.9 Å². The summed E-state index contributed by atoms with van der Waals surface area (Å²) in [5, 5.41) is 7.25. The molecule has 33 heavy (non-hydrogen) atoms. The van der Waals surface area contributed by atoms with Gasteiger partial charge in [-0.05, 0) is 70.7 Å². The molecule has 7 nitrogen and oxygen atoms in total. The van der Waals surface area contributed by atoms with Crippen molar-refractivity contribution >= 4 is 35.6 Å². The van der Waals surface area contributed by atoms with Crippen molar-refractivity contribution in [1.82, 2.24) is 20.5 Å². The quantitative estimate of drug-likeness (QED) is 0.314. The Hall–Kier alpha value is -1.81. The molecule has 1 atom stereocenters. The summed E-state index contributed by atoms with van der Waals surface area (Å²) >= 11 is 0. The smallest absolute Gasteiger partial charge is 0.208 e. The molecule has 0 radical (unpaired) electrons. The highest BCUT2D eigenvalue weighted by atomic mass is 127. The van der Waals surface area contributed by atoms with Crippen LogP contribution in [0.1, 0.15) is 43.0 Å². The Bertz CT molecular complexity index is 859. The zero-order chi connectivity index (χ0) is 22.3. The van der Waals surface area contributed by atoms with Gasteiger partial charge in [-0.2, -0.15) is 0 Å². The summed E-state index contributed by atoms with van der Waals surface area (Å²) in [6.07, 6.45) is 4.76. The average Bonchev–Trinajstić information content (AvgIpc) is 3.14. The minimum Gasteiger partial charge on any atom is -0.444 e. The van der Waals surface area contributed by atoms with E-state index in [-0.39, 0.29) is 24.0 Å². The molecular formula is C25H39IN6O. The molecule has 4 rings (SSSR count). The summed E-state index contributed by atoms with van der Waals surface area (Å²) in [7, 11) is 1.87. The average molecular weight is 567 g/mol. The number of hydrogen-bond acceptors (Lipinski definition) is 5. The van der Waals surface area contributed by atoms with Crippen LogP contribution in [-0.2, 0) is 6.54 Å². The molecule has 0 spiro atoms. The van der Waals surface area contributed by atoms with E-state index in [1.165, 1.54) is 31.4 Å². The fraction of sp³-hybridized carbons (Fsp3) is 0.600. The number of guanidine groups is 1. The van der Waals surface area contributed by atoms with Gasteiger partial charge >= 0.3 is 0 Å². The van der Waals surface area contributed by atoms with Crippen molar-refractivity contribution in [2.45, 2.75) is 52.1 Å². The third kappa shape index (κ3) is 7.34. The Morgan fingerprint density at radius 3 is 2.55 bits per heavy atom. The van der Waals surface area contributed by atoms with Gasteiger partial charge in [-0.15, -0.1) is 24.0 Å². The molecule has 0 amide bonds. The molecule has 182 valence electrons. The summed E-state index contributed by atoms with van der Waals surface area (Å²) < 4.78 is 5.75. The molecule has 0 aliphatic carbocycles. The van der Waals surface area contributed by atoms with Crippen LogP contribution in [0, 0.1) is 19.8 Å². The summed E-state index contributed by atoms with van der Waals surface area (Å²) in [5.74, 6) is 3.38. The van der Waals surface area contributed by atoms with Gasteiger partial charge in [-0.25, -0.2) is 4.98 Å². The first kappa shape index (κ1) is 25.8. The number of piperidine rings is 2. The van der Waals surface area contributed by atoms with E-state index in [2.05, 4.69) is 60.7 Å². The molecule has 2 aliphatic rings. The number of likely N-dealkylation sites (tertiary alicyclic amines) is 1. The maximum absolute atomic E-state index is 5.75. The second-order valence-corrected chi connectivity index (χ2v) is 9.19. The van der Waals surface area contributed by atoms with Crippen LogP contribution in [0.2, 0.25) is 0 Å². The van der Waals surface area contributed by atoms with Crippen LogP contribution in [-0.4, -0.2) is 61.7 Å². The molecule has 8 heteroatoms. The first-order valence-corrected chi connectivity index (χ1v) is 12.0. The summed E-state index contributed by atoms with van der Waals surface area (Å²) in [6, 6.07) is 11.1. The first-order valence-electron chi connectivity index (χ1n) is 12.0. The van der Waals surface area contributed by atoms with Gasteiger partial charge in [-0.1, -0.05) is 18.2 Å². The summed E-state index contributed by atoms with van der Waals surface area (Å²) in [5.41, 5.74) is 2.31. The number of para-hydroxylation sites is 1. The first-order chi connectivity index (χ1) is 15.6. The van der Waals surface area contributed by atoms with Crippen molar-refractivity contribution in [2.24, 2.45) is 10.9 Å². The normalized spacial score (nSPS) is 20.4. The number of halogens is 1. The second-order valence-electron chi connectivity index (χ2n) is 9.19. The number of hydrogen-bond donors (Lipinski definition) is 2. The molecule has 2 aliphatic heterocycles. The maximum atomic E-state index is 5.75. The van der Waals surface area contributed by atoms with Crippen molar-refractivity contribution in [1.29, 1.82) is 0 Å². The third-order valence-electron chi connectivity index (χ3n) is 6.80. The van der Waals surface area contributed by atoms with Crippen molar-refractivity contribution in [2.75, 3.05) is 44.7 Å². The fourth-order valence-electron chi connectivity index (χ4n) is 4.74. The molecule has 3 heterocycles. The number of anilines is 1. The molecule has 0 bridgehead atoms. The number of oxazole rings is 1. The molecule has 2 N–H and O–H groups in total. The largest absolute Gasteiger partial charge is 0.444 e. The minimum absolute atomic E-state index is 0. The van der Waals surface area contributed by atoms with E-state index in [0.29, 0.717) is 12.0 Å². The van der Waals surface area contributed by atoms with E-state index in [0.717, 1.165) is 62.6 Å². The number of aromatic nitrogens is 1. The lowest BCUT2D eigenvalue weighted by atomic mass is 9.97. The van der Waals surface area contributed by atoms with Gasteiger partial charge in [0.15, 0.2) is 5.96 Å². The van der Waals surface area contributed by atoms with Gasteiger partial charge in [0.25, 0.3) is 0 Å². The minimum atomic E-state index is 0. The zero-order valence-corrected chi connectivity index (χ0v) is 22.5. The monoisotopic (exact) mass is 566 g/mol. The Balaban J connectivity index is 0.00000306. The lowest BCUT2D eigenvalue weighted by Crippen LogP contribution is -2.52. The highest BCUT2D eigenvalue weighted by Gasteiger charge is 2.23. The van der Waals surface area contributed by atoms with Gasteiger partial charge in [0.2, 0.25) is 5.89 Å². The van der Waals surface area contributed by atoms with Crippen LogP contribution in [0.25, 0.3) is 0 Å². The fourth-order valence-corrected chi connectivity index (χ4v) is 4.74. The number of nitrogens with one attached hydrogen (secondary N) is 2. The Kier molecular flexibility index (Phi) is 9.85. The second kappa shape index (κ2) is 12.6. The van der Waals surface area contributed by atoms with E-state index in [1.54, 1.807) is 0 Å². The molecule has 1 aromatic carbocycles. The SMILES string of the molecule is CN=C(NCC1CCN(Cc2nc(C)c(C)o2)CC1)NC1CCCN(c2ccccc2)C1.I. The number of aryl methyl sites for hydroxylation is 2. The lowest BCUT2D eigenvalue weighted by molar-refractivity contribution is 0.164. The topological polar surface area (TPSA) is 68.9 Å². The molecule has 1 aromatic heterocycles. The molecule has 0 saturated carbocycles. The van der Waals surface area contributed by atoms with Crippen molar-refractivity contribution < 1.29 is 4.42 Å². The number of benzene rings is 1. The van der Waals surface area contributed by atoms with Gasteiger partial charge in [0.1, 0.15) is 5.76 Å². The Morgan fingerprint density at radius 2 is 1.88 bits per heavy atom. The van der Waals surface area contributed by atoms with Crippen LogP contribution in [0.5, 0.6) is 0 Å². The summed E-state index contributed by atoms with van der Waals surface area (Å²) in [6.45, 7) is 10.1. The van der Waals surface area contributed by atoms with E-state index in [4.69, 9.17) is 4.42 Å². The van der Waals surface area contributed by atoms with Crippen LogP contribution >= 0.6 is 24.0 Å². The number of aliphatic imine (C=N–C) groups is 1. The van der Waals surface area contributed by atoms with Gasteiger partial charge < -0.3 is 20.0 Å². The van der Waals surface area contributed by atoms with E-state index in [9.17, 15) is 0 Å². The van der Waals surface area contributed by atoms with E-state index < -0.39 is 0 Å². The summed E-state index contributed by atoms with van der Waals surface area (Å²) in [4.78, 5) is 13.9. The van der Waals surface area contributed by atoms with Crippen LogP contribution in [0.4, 0.5) is 5.69 Å². The molecular weight excluding hydrogens is 527 g/mol. The Labute approximate surface area is 215 Å². The lowest BCUT2D eigenvalue weighted by Gasteiger charge is -2.36.